The van der Waals surface area contributed by atoms with Crippen molar-refractivity contribution in [3.8, 4) is 5.75 Å². The normalized spacial score (nSPS) is 32.0. The van der Waals surface area contributed by atoms with Crippen LogP contribution in [0.1, 0.15) is 23.6 Å². The fourth-order valence-corrected chi connectivity index (χ4v) is 4.79. The summed E-state index contributed by atoms with van der Waals surface area (Å²) < 4.78 is 17.5. The van der Waals surface area contributed by atoms with Crippen molar-refractivity contribution in [2.75, 3.05) is 12.9 Å². The first-order valence-corrected chi connectivity index (χ1v) is 8.01. The maximum absolute atomic E-state index is 12.3. The molecule has 5 nitrogen and oxygen atoms in total. The van der Waals surface area contributed by atoms with Crippen molar-refractivity contribution in [3.05, 3.63) is 29.3 Å². The van der Waals surface area contributed by atoms with Crippen molar-refractivity contribution in [3.63, 3.8) is 0 Å². The van der Waals surface area contributed by atoms with Gasteiger partial charge in [0.15, 0.2) is 0 Å². The van der Waals surface area contributed by atoms with Gasteiger partial charge in [0.05, 0.1) is 18.1 Å². The van der Waals surface area contributed by atoms with E-state index in [4.69, 9.17) is 9.84 Å². The SMILES string of the molecule is COc1ccc2c(c1)CCC1C2NC(C(=O)O)CS1=O. The zero-order valence-electron chi connectivity index (χ0n) is 11.2. The number of nitrogens with one attached hydrogen (secondary N) is 1. The second kappa shape index (κ2) is 5.18. The fourth-order valence-electron chi connectivity index (χ4n) is 3.07. The number of hydrogen-bond donors (Lipinski definition) is 2. The summed E-state index contributed by atoms with van der Waals surface area (Å²) in [4.78, 5) is 11.2. The average molecular weight is 295 g/mol. The topological polar surface area (TPSA) is 75.6 Å². The Labute approximate surface area is 119 Å². The highest BCUT2D eigenvalue weighted by molar-refractivity contribution is 7.85. The first-order chi connectivity index (χ1) is 9.60. The van der Waals surface area contributed by atoms with Crippen LogP contribution >= 0.6 is 0 Å². The highest BCUT2D eigenvalue weighted by Gasteiger charge is 2.41. The van der Waals surface area contributed by atoms with E-state index in [0.29, 0.717) is 0 Å². The van der Waals surface area contributed by atoms with Crippen LogP contribution in [-0.2, 0) is 22.0 Å². The van der Waals surface area contributed by atoms with Crippen molar-refractivity contribution >= 4 is 16.8 Å². The molecule has 2 N–H and O–H groups in total. The quantitative estimate of drug-likeness (QED) is 0.846. The van der Waals surface area contributed by atoms with E-state index >= 15 is 0 Å². The number of methoxy groups -OCH3 is 1. The molecule has 3 rings (SSSR count). The molecular weight excluding hydrogens is 278 g/mol. The second-order valence-electron chi connectivity index (χ2n) is 5.22. The molecule has 6 heteroatoms. The molecule has 0 radical (unpaired) electrons. The lowest BCUT2D eigenvalue weighted by atomic mass is 9.86. The Bertz CT molecular complexity index is 574. The van der Waals surface area contributed by atoms with E-state index in [0.717, 1.165) is 29.7 Å². The minimum absolute atomic E-state index is 0.00601. The van der Waals surface area contributed by atoms with Crippen LogP contribution in [0.2, 0.25) is 0 Å². The maximum atomic E-state index is 12.3. The maximum Gasteiger partial charge on any atom is 0.321 e. The molecule has 1 aromatic carbocycles. The first kappa shape index (κ1) is 13.6. The average Bonchev–Trinajstić information content (AvgIpc) is 2.46. The predicted molar refractivity (Wildman–Crippen MR) is 75.4 cm³/mol. The van der Waals surface area contributed by atoms with Gasteiger partial charge in [0, 0.05) is 16.8 Å². The van der Waals surface area contributed by atoms with Gasteiger partial charge >= 0.3 is 5.97 Å². The molecule has 1 aromatic rings. The van der Waals surface area contributed by atoms with E-state index in [9.17, 15) is 9.00 Å². The highest BCUT2D eigenvalue weighted by atomic mass is 32.2. The van der Waals surface area contributed by atoms with Gasteiger partial charge in [-0.25, -0.2) is 0 Å². The third-order valence-corrected chi connectivity index (χ3v) is 5.95. The van der Waals surface area contributed by atoms with Crippen molar-refractivity contribution in [1.82, 2.24) is 5.32 Å². The molecule has 1 aliphatic carbocycles. The van der Waals surface area contributed by atoms with Gasteiger partial charge in [-0.2, -0.15) is 0 Å². The Morgan fingerprint density at radius 3 is 3.00 bits per heavy atom. The van der Waals surface area contributed by atoms with Crippen LogP contribution in [0, 0.1) is 0 Å². The van der Waals surface area contributed by atoms with Gasteiger partial charge in [-0.3, -0.25) is 14.3 Å². The molecule has 0 amide bonds. The molecule has 1 aliphatic heterocycles. The lowest BCUT2D eigenvalue weighted by molar-refractivity contribution is -0.139. The number of aryl methyl sites for hydroxylation is 1. The second-order valence-corrected chi connectivity index (χ2v) is 6.92. The van der Waals surface area contributed by atoms with E-state index in [2.05, 4.69) is 5.32 Å². The molecule has 0 aromatic heterocycles. The number of fused-ring (bicyclic) bond motifs is 3. The summed E-state index contributed by atoms with van der Waals surface area (Å²) in [6.07, 6.45) is 1.68. The summed E-state index contributed by atoms with van der Waals surface area (Å²) in [5.41, 5.74) is 2.21. The molecule has 2 aliphatic rings. The Morgan fingerprint density at radius 2 is 2.30 bits per heavy atom. The van der Waals surface area contributed by atoms with E-state index in [-0.39, 0.29) is 17.0 Å². The molecule has 0 spiro atoms. The van der Waals surface area contributed by atoms with Gasteiger partial charge in [0.2, 0.25) is 0 Å². The molecule has 0 bridgehead atoms. The first-order valence-electron chi connectivity index (χ1n) is 6.63. The van der Waals surface area contributed by atoms with Gasteiger partial charge < -0.3 is 9.84 Å². The molecule has 0 saturated carbocycles. The molecule has 4 atom stereocenters. The third-order valence-electron chi connectivity index (χ3n) is 4.10. The summed E-state index contributed by atoms with van der Waals surface area (Å²) in [6, 6.07) is 4.95. The van der Waals surface area contributed by atoms with Crippen molar-refractivity contribution in [2.45, 2.75) is 30.2 Å². The summed E-state index contributed by atoms with van der Waals surface area (Å²) in [6.45, 7) is 0. The molecule has 1 heterocycles. The van der Waals surface area contributed by atoms with Crippen LogP contribution in [0.4, 0.5) is 0 Å². The zero-order chi connectivity index (χ0) is 14.3. The number of rotatable bonds is 2. The van der Waals surface area contributed by atoms with Crippen molar-refractivity contribution in [1.29, 1.82) is 0 Å². The number of ether oxygens (including phenoxy) is 1. The summed E-state index contributed by atoms with van der Waals surface area (Å²) in [5, 5.41) is 12.3. The third kappa shape index (κ3) is 2.23. The molecule has 1 fully saturated rings. The van der Waals surface area contributed by atoms with Gasteiger partial charge in [-0.15, -0.1) is 0 Å². The summed E-state index contributed by atoms with van der Waals surface area (Å²) in [5.74, 6) is 0.0634. The minimum Gasteiger partial charge on any atom is -0.497 e. The van der Waals surface area contributed by atoms with Crippen molar-refractivity contribution in [2.24, 2.45) is 0 Å². The number of hydrogen-bond acceptors (Lipinski definition) is 4. The standard InChI is InChI=1S/C14H17NO4S/c1-19-9-3-4-10-8(6-9)2-5-12-13(10)15-11(14(16)17)7-20(12)18/h3-4,6,11-13,15H,2,5,7H2,1H3,(H,16,17). The molecule has 20 heavy (non-hydrogen) atoms. The Balaban J connectivity index is 1.96. The smallest absolute Gasteiger partial charge is 0.321 e. The van der Waals surface area contributed by atoms with E-state index in [1.807, 2.05) is 18.2 Å². The van der Waals surface area contributed by atoms with Gasteiger partial charge in [-0.05, 0) is 36.1 Å². The lowest BCUT2D eigenvalue weighted by Gasteiger charge is -2.39. The molecule has 1 saturated heterocycles. The number of benzene rings is 1. The van der Waals surface area contributed by atoms with Gasteiger partial charge in [0.25, 0.3) is 0 Å². The van der Waals surface area contributed by atoms with E-state index < -0.39 is 22.8 Å². The zero-order valence-corrected chi connectivity index (χ0v) is 12.0. The molecule has 4 unspecified atom stereocenters. The van der Waals surface area contributed by atoms with E-state index in [1.165, 1.54) is 0 Å². The van der Waals surface area contributed by atoms with Crippen LogP contribution in [0.25, 0.3) is 0 Å². The number of carbonyl (C=O) groups is 1. The minimum atomic E-state index is -1.10. The predicted octanol–water partition coefficient (Wildman–Crippen LogP) is 0.856. The largest absolute Gasteiger partial charge is 0.497 e. The fraction of sp³-hybridized carbons (Fsp3) is 0.500. The van der Waals surface area contributed by atoms with Crippen LogP contribution in [0.15, 0.2) is 18.2 Å². The van der Waals surface area contributed by atoms with Crippen LogP contribution in [0.5, 0.6) is 5.75 Å². The van der Waals surface area contributed by atoms with Crippen LogP contribution in [-0.4, -0.2) is 39.4 Å². The van der Waals surface area contributed by atoms with Crippen LogP contribution < -0.4 is 10.1 Å². The van der Waals surface area contributed by atoms with Crippen LogP contribution in [0.3, 0.4) is 0 Å². The summed E-state index contributed by atoms with van der Waals surface area (Å²) in [7, 11) is 0.530. The Hall–Kier alpha value is -1.40. The Morgan fingerprint density at radius 1 is 1.50 bits per heavy atom. The van der Waals surface area contributed by atoms with Gasteiger partial charge in [0.1, 0.15) is 11.8 Å². The summed E-state index contributed by atoms with van der Waals surface area (Å²) >= 11 is 0. The Kier molecular flexibility index (Phi) is 3.52. The molecule has 108 valence electrons. The highest BCUT2D eigenvalue weighted by Crippen LogP contribution is 2.37. The van der Waals surface area contributed by atoms with Crippen molar-refractivity contribution < 1.29 is 18.8 Å². The van der Waals surface area contributed by atoms with E-state index in [1.54, 1.807) is 7.11 Å². The lowest BCUT2D eigenvalue weighted by Crippen LogP contribution is -2.54. The number of carboxylic acid groups (broad SMARTS) is 1. The number of carboxylic acids is 1. The number of aliphatic carboxylic acids is 1. The van der Waals surface area contributed by atoms with Gasteiger partial charge in [-0.1, -0.05) is 6.07 Å². The molecular formula is C14H17NO4S. The monoisotopic (exact) mass is 295 g/mol.